The average Bonchev–Trinajstić information content (AvgIpc) is 3.06. The number of esters is 1. The van der Waals surface area contributed by atoms with E-state index in [-0.39, 0.29) is 13.0 Å². The molecule has 0 heterocycles. The molecule has 2 atom stereocenters. The van der Waals surface area contributed by atoms with Gasteiger partial charge in [0, 0.05) is 16.4 Å². The predicted molar refractivity (Wildman–Crippen MR) is 65.2 cm³/mol. The fourth-order valence-electron chi connectivity index (χ4n) is 2.13. The van der Waals surface area contributed by atoms with Crippen molar-refractivity contribution in [3.05, 3.63) is 45.0 Å². The van der Waals surface area contributed by atoms with Gasteiger partial charge in [0.1, 0.15) is 0 Å². The molecule has 1 fully saturated rings. The molecule has 0 saturated heterocycles. The third-order valence-electron chi connectivity index (χ3n) is 3.14. The number of nitrogens with zero attached hydrogens (tertiary/aromatic N) is 1. The number of ether oxygens (including phenoxy) is 1. The quantitative estimate of drug-likeness (QED) is 0.478. The normalized spacial score (nSPS) is 25.6. The largest absolute Gasteiger partial charge is 0.461 e. The van der Waals surface area contributed by atoms with Crippen LogP contribution in [0.1, 0.15) is 24.8 Å². The van der Waals surface area contributed by atoms with E-state index in [9.17, 15) is 14.9 Å². The monoisotopic (exact) mass is 269 g/mol. The van der Waals surface area contributed by atoms with E-state index in [1.54, 1.807) is 31.2 Å². The van der Waals surface area contributed by atoms with Gasteiger partial charge in [0.25, 0.3) is 0 Å². The highest BCUT2D eigenvalue weighted by Crippen LogP contribution is 2.54. The summed E-state index contributed by atoms with van der Waals surface area (Å²) in [5, 5.41) is 11.6. The molecule has 96 valence electrons. The Labute approximate surface area is 109 Å². The van der Waals surface area contributed by atoms with Crippen molar-refractivity contribution in [1.29, 1.82) is 0 Å². The van der Waals surface area contributed by atoms with E-state index in [2.05, 4.69) is 0 Å². The molecule has 0 spiro atoms. The summed E-state index contributed by atoms with van der Waals surface area (Å²) < 4.78 is 4.80. The summed E-state index contributed by atoms with van der Waals surface area (Å²) in [7, 11) is 0. The first-order valence-corrected chi connectivity index (χ1v) is 5.97. The molecule has 5 nitrogen and oxygen atoms in total. The first kappa shape index (κ1) is 12.8. The molecule has 0 amide bonds. The van der Waals surface area contributed by atoms with Crippen molar-refractivity contribution in [3.8, 4) is 0 Å². The van der Waals surface area contributed by atoms with E-state index in [4.69, 9.17) is 16.3 Å². The van der Waals surface area contributed by atoms with Crippen LogP contribution in [-0.4, -0.2) is 23.0 Å². The zero-order valence-electron chi connectivity index (χ0n) is 9.76. The molecule has 0 radical (unpaired) electrons. The molecule has 0 bridgehead atoms. The molecule has 1 aliphatic rings. The zero-order chi connectivity index (χ0) is 13.3. The second-order valence-electron chi connectivity index (χ2n) is 4.21. The number of nitro groups is 1. The Morgan fingerprint density at radius 3 is 2.94 bits per heavy atom. The molecule has 0 aliphatic heterocycles. The van der Waals surface area contributed by atoms with E-state index in [0.29, 0.717) is 10.6 Å². The Bertz CT molecular complexity index is 505. The molecule has 1 aromatic rings. The summed E-state index contributed by atoms with van der Waals surface area (Å²) >= 11 is 5.84. The minimum absolute atomic E-state index is 0.136. The van der Waals surface area contributed by atoms with E-state index in [1.807, 2.05) is 0 Å². The first-order valence-electron chi connectivity index (χ1n) is 5.59. The second kappa shape index (κ2) is 4.57. The fraction of sp³-hybridized carbons (Fsp3) is 0.417. The van der Waals surface area contributed by atoms with Gasteiger partial charge in [0.05, 0.1) is 12.5 Å². The number of hydrogen-bond donors (Lipinski definition) is 0. The van der Waals surface area contributed by atoms with Crippen LogP contribution in [0.5, 0.6) is 0 Å². The van der Waals surface area contributed by atoms with Crippen molar-refractivity contribution in [2.24, 2.45) is 0 Å². The predicted octanol–water partition coefficient (Wildman–Crippen LogP) is 2.41. The lowest BCUT2D eigenvalue weighted by atomic mass is 10.1. The van der Waals surface area contributed by atoms with Gasteiger partial charge in [-0.25, -0.2) is 4.79 Å². The smallest absolute Gasteiger partial charge is 0.385 e. The van der Waals surface area contributed by atoms with Crippen LogP contribution in [0.2, 0.25) is 5.02 Å². The van der Waals surface area contributed by atoms with Crippen LogP contribution in [0.15, 0.2) is 24.3 Å². The number of halogens is 1. The minimum Gasteiger partial charge on any atom is -0.461 e. The Morgan fingerprint density at radius 2 is 2.39 bits per heavy atom. The molecular weight excluding hydrogens is 258 g/mol. The summed E-state index contributed by atoms with van der Waals surface area (Å²) in [6, 6.07) is 6.79. The van der Waals surface area contributed by atoms with Gasteiger partial charge in [0.15, 0.2) is 0 Å². The summed E-state index contributed by atoms with van der Waals surface area (Å²) in [4.78, 5) is 22.3. The van der Waals surface area contributed by atoms with Crippen molar-refractivity contribution in [2.45, 2.75) is 24.8 Å². The van der Waals surface area contributed by atoms with Crippen LogP contribution in [0.3, 0.4) is 0 Å². The molecule has 18 heavy (non-hydrogen) atoms. The van der Waals surface area contributed by atoms with Crippen molar-refractivity contribution in [2.75, 3.05) is 6.61 Å². The van der Waals surface area contributed by atoms with Gasteiger partial charge < -0.3 is 4.74 Å². The summed E-state index contributed by atoms with van der Waals surface area (Å²) in [5.74, 6) is -1.22. The highest BCUT2D eigenvalue weighted by Gasteiger charge is 2.74. The van der Waals surface area contributed by atoms with Gasteiger partial charge in [-0.05, 0) is 24.6 Å². The Kier molecular flexibility index (Phi) is 3.26. The topological polar surface area (TPSA) is 69.4 Å². The Balaban J connectivity index is 2.28. The molecular formula is C12H12ClNO4. The van der Waals surface area contributed by atoms with Crippen molar-refractivity contribution >= 4 is 17.6 Å². The highest BCUT2D eigenvalue weighted by molar-refractivity contribution is 6.30. The number of carbonyl (C=O) groups excluding carboxylic acids is 1. The number of rotatable bonds is 4. The average molecular weight is 270 g/mol. The SMILES string of the molecule is CCOC(=O)[C@@]1([N+](=O)[O-])C[C@H]1c1cccc(Cl)c1. The van der Waals surface area contributed by atoms with Crippen LogP contribution in [-0.2, 0) is 9.53 Å². The number of hydrogen-bond acceptors (Lipinski definition) is 4. The van der Waals surface area contributed by atoms with Crippen LogP contribution >= 0.6 is 11.6 Å². The van der Waals surface area contributed by atoms with Gasteiger partial charge in [-0.15, -0.1) is 0 Å². The highest BCUT2D eigenvalue weighted by atomic mass is 35.5. The number of benzene rings is 1. The molecule has 0 N–H and O–H groups in total. The summed E-state index contributed by atoms with van der Waals surface area (Å²) in [6.45, 7) is 1.76. The van der Waals surface area contributed by atoms with Crippen LogP contribution in [0.4, 0.5) is 0 Å². The Morgan fingerprint density at radius 1 is 1.67 bits per heavy atom. The lowest BCUT2D eigenvalue weighted by Gasteiger charge is -2.08. The standard InChI is InChI=1S/C12H12ClNO4/c1-2-18-11(15)12(14(16)17)7-10(12)8-4-3-5-9(13)6-8/h3-6,10H,2,7H2,1H3/t10-,12+/m0/s1. The molecule has 1 saturated carbocycles. The van der Waals surface area contributed by atoms with E-state index < -0.39 is 22.3 Å². The first-order chi connectivity index (χ1) is 8.52. The molecule has 0 aromatic heterocycles. The van der Waals surface area contributed by atoms with Gasteiger partial charge in [-0.2, -0.15) is 0 Å². The lowest BCUT2D eigenvalue weighted by molar-refractivity contribution is -0.527. The van der Waals surface area contributed by atoms with Crippen molar-refractivity contribution < 1.29 is 14.5 Å². The number of carbonyl (C=O) groups is 1. The maximum atomic E-state index is 11.7. The second-order valence-corrected chi connectivity index (χ2v) is 4.65. The maximum Gasteiger partial charge on any atom is 0.385 e. The molecule has 6 heteroatoms. The van der Waals surface area contributed by atoms with E-state index >= 15 is 0 Å². The van der Waals surface area contributed by atoms with Gasteiger partial charge >= 0.3 is 11.5 Å². The third-order valence-corrected chi connectivity index (χ3v) is 3.37. The molecule has 1 aromatic carbocycles. The molecule has 1 aliphatic carbocycles. The van der Waals surface area contributed by atoms with Gasteiger partial charge in [-0.1, -0.05) is 23.7 Å². The fourth-order valence-corrected chi connectivity index (χ4v) is 2.33. The minimum atomic E-state index is -1.62. The molecule has 2 rings (SSSR count). The summed E-state index contributed by atoms with van der Waals surface area (Å²) in [6.07, 6.45) is 0.166. The van der Waals surface area contributed by atoms with Gasteiger partial charge in [-0.3, -0.25) is 10.1 Å². The van der Waals surface area contributed by atoms with E-state index in [1.165, 1.54) is 0 Å². The van der Waals surface area contributed by atoms with Gasteiger partial charge in [0.2, 0.25) is 0 Å². The van der Waals surface area contributed by atoms with Crippen LogP contribution in [0.25, 0.3) is 0 Å². The van der Waals surface area contributed by atoms with Crippen LogP contribution < -0.4 is 0 Å². The lowest BCUT2D eigenvalue weighted by Crippen LogP contribution is -2.35. The maximum absolute atomic E-state index is 11.7. The van der Waals surface area contributed by atoms with Crippen LogP contribution in [0, 0.1) is 10.1 Å². The third kappa shape index (κ3) is 1.95. The molecule has 0 unspecified atom stereocenters. The summed E-state index contributed by atoms with van der Waals surface area (Å²) in [5.41, 5.74) is -0.923. The van der Waals surface area contributed by atoms with E-state index in [0.717, 1.165) is 0 Å². The van der Waals surface area contributed by atoms with Crippen molar-refractivity contribution in [1.82, 2.24) is 0 Å². The van der Waals surface area contributed by atoms with Crippen molar-refractivity contribution in [3.63, 3.8) is 0 Å². The Hall–Kier alpha value is -1.62. The zero-order valence-corrected chi connectivity index (χ0v) is 10.5.